The van der Waals surface area contributed by atoms with Gasteiger partial charge >= 0.3 is 0 Å². The summed E-state index contributed by atoms with van der Waals surface area (Å²) in [7, 11) is -2.63. The molecule has 156 valence electrons. The van der Waals surface area contributed by atoms with E-state index in [1.54, 1.807) is 0 Å². The molecule has 2 aromatic carbocycles. The maximum atomic E-state index is 14.1. The lowest BCUT2D eigenvalue weighted by atomic mass is 10.1. The first-order valence-corrected chi connectivity index (χ1v) is 10.3. The third-order valence-electron chi connectivity index (χ3n) is 4.26. The van der Waals surface area contributed by atoms with E-state index in [0.29, 0.717) is 13.0 Å². The topological polar surface area (TPSA) is 93.7 Å². The van der Waals surface area contributed by atoms with Crippen LogP contribution in [-0.2, 0) is 14.8 Å². The number of methoxy groups -OCH3 is 1. The predicted molar refractivity (Wildman–Crippen MR) is 102 cm³/mol. The molecule has 7 nitrogen and oxygen atoms in total. The second kappa shape index (κ2) is 8.62. The molecule has 0 saturated carbocycles. The summed E-state index contributed by atoms with van der Waals surface area (Å²) in [6.45, 7) is 0.711. The van der Waals surface area contributed by atoms with E-state index >= 15 is 0 Å². The van der Waals surface area contributed by atoms with Gasteiger partial charge in [0, 0.05) is 12.6 Å². The van der Waals surface area contributed by atoms with E-state index < -0.39 is 32.6 Å². The zero-order chi connectivity index (χ0) is 21.2. The Morgan fingerprint density at radius 2 is 2.03 bits per heavy atom. The maximum Gasteiger partial charge on any atom is 0.259 e. The standard InChI is InChI=1S/C18H17ClF2N2O5S/c1-27-15-5-2-11(29(25,26)23-10-6-7-28-9-10)8-12(15)18(24)22-14-4-3-13(20)16(19)17(14)21/h2-5,8,10,23H,6-7,9H2,1H3,(H,22,24). The average molecular weight is 447 g/mol. The monoisotopic (exact) mass is 446 g/mol. The van der Waals surface area contributed by atoms with E-state index in [1.165, 1.54) is 19.2 Å². The van der Waals surface area contributed by atoms with Crippen LogP contribution in [0, 0.1) is 11.6 Å². The normalized spacial score (nSPS) is 16.6. The molecule has 0 bridgehead atoms. The van der Waals surface area contributed by atoms with Gasteiger partial charge in [0.25, 0.3) is 5.91 Å². The Morgan fingerprint density at radius 1 is 1.28 bits per heavy atom. The van der Waals surface area contributed by atoms with Gasteiger partial charge in [0.15, 0.2) is 5.82 Å². The molecule has 2 aromatic rings. The number of carbonyl (C=O) groups excluding carboxylic acids is 1. The Labute approximate surface area is 171 Å². The van der Waals surface area contributed by atoms with Gasteiger partial charge in [0.2, 0.25) is 10.0 Å². The molecule has 1 aliphatic rings. The summed E-state index contributed by atoms with van der Waals surface area (Å²) >= 11 is 5.51. The molecule has 1 heterocycles. The number of anilines is 1. The van der Waals surface area contributed by atoms with Gasteiger partial charge < -0.3 is 14.8 Å². The molecule has 0 aliphatic carbocycles. The van der Waals surface area contributed by atoms with Crippen LogP contribution >= 0.6 is 11.6 Å². The highest BCUT2D eigenvalue weighted by atomic mass is 35.5. The summed E-state index contributed by atoms with van der Waals surface area (Å²) in [5.74, 6) is -2.91. The number of halogens is 3. The van der Waals surface area contributed by atoms with Gasteiger partial charge in [-0.15, -0.1) is 0 Å². The van der Waals surface area contributed by atoms with Crippen molar-refractivity contribution in [3.05, 3.63) is 52.6 Å². The largest absolute Gasteiger partial charge is 0.496 e. The number of nitrogens with one attached hydrogen (secondary N) is 2. The molecule has 1 atom stereocenters. The fourth-order valence-electron chi connectivity index (χ4n) is 2.76. The van der Waals surface area contributed by atoms with Gasteiger partial charge in [0.1, 0.15) is 16.6 Å². The van der Waals surface area contributed by atoms with E-state index in [4.69, 9.17) is 21.1 Å². The predicted octanol–water partition coefficient (Wildman–Crippen LogP) is 2.95. The van der Waals surface area contributed by atoms with Crippen LogP contribution in [0.15, 0.2) is 35.2 Å². The van der Waals surface area contributed by atoms with E-state index in [2.05, 4.69) is 10.0 Å². The lowest BCUT2D eigenvalue weighted by Gasteiger charge is -2.14. The quantitative estimate of drug-likeness (QED) is 0.665. The lowest BCUT2D eigenvalue weighted by molar-refractivity contribution is 0.102. The van der Waals surface area contributed by atoms with Gasteiger partial charge in [-0.25, -0.2) is 21.9 Å². The number of amides is 1. The Kier molecular flexibility index (Phi) is 6.37. The molecule has 3 rings (SSSR count). The minimum absolute atomic E-state index is 0.0688. The van der Waals surface area contributed by atoms with E-state index in [1.807, 2.05) is 0 Å². The van der Waals surface area contributed by atoms with Crippen molar-refractivity contribution in [3.63, 3.8) is 0 Å². The molecule has 1 fully saturated rings. The SMILES string of the molecule is COc1ccc(S(=O)(=O)NC2CCOC2)cc1C(=O)Nc1ccc(F)c(Cl)c1F. The van der Waals surface area contributed by atoms with Crippen molar-refractivity contribution in [2.45, 2.75) is 17.4 Å². The summed E-state index contributed by atoms with van der Waals surface area (Å²) < 4.78 is 65.3. The van der Waals surface area contributed by atoms with Gasteiger partial charge in [0.05, 0.1) is 29.9 Å². The molecule has 0 radical (unpaired) electrons. The third kappa shape index (κ3) is 4.67. The van der Waals surface area contributed by atoms with Crippen LogP contribution in [0.1, 0.15) is 16.8 Å². The summed E-state index contributed by atoms with van der Waals surface area (Å²) in [5.41, 5.74) is -0.518. The number of hydrogen-bond acceptors (Lipinski definition) is 5. The molecule has 0 aromatic heterocycles. The number of sulfonamides is 1. The fraction of sp³-hybridized carbons (Fsp3) is 0.278. The molecule has 29 heavy (non-hydrogen) atoms. The highest BCUT2D eigenvalue weighted by Gasteiger charge is 2.26. The maximum absolute atomic E-state index is 14.1. The van der Waals surface area contributed by atoms with Crippen LogP contribution < -0.4 is 14.8 Å². The van der Waals surface area contributed by atoms with Crippen molar-refractivity contribution in [1.82, 2.24) is 4.72 Å². The highest BCUT2D eigenvalue weighted by molar-refractivity contribution is 7.89. The van der Waals surface area contributed by atoms with Crippen LogP contribution in [0.3, 0.4) is 0 Å². The van der Waals surface area contributed by atoms with Gasteiger partial charge in [-0.1, -0.05) is 11.6 Å². The molecule has 1 saturated heterocycles. The molecular weight excluding hydrogens is 430 g/mol. The zero-order valence-corrected chi connectivity index (χ0v) is 16.7. The van der Waals surface area contributed by atoms with E-state index in [-0.39, 0.29) is 34.5 Å². The first kappa shape index (κ1) is 21.4. The average Bonchev–Trinajstić information content (AvgIpc) is 3.20. The number of ether oxygens (including phenoxy) is 2. The molecule has 2 N–H and O–H groups in total. The number of carbonyl (C=O) groups is 1. The summed E-state index contributed by atoms with van der Waals surface area (Å²) in [6.07, 6.45) is 0.535. The Bertz CT molecular complexity index is 1040. The highest BCUT2D eigenvalue weighted by Crippen LogP contribution is 2.28. The van der Waals surface area contributed by atoms with Crippen molar-refractivity contribution in [3.8, 4) is 5.75 Å². The minimum Gasteiger partial charge on any atom is -0.496 e. The molecule has 1 aliphatic heterocycles. The van der Waals surface area contributed by atoms with Crippen molar-refractivity contribution < 1.29 is 31.5 Å². The van der Waals surface area contributed by atoms with E-state index in [9.17, 15) is 22.0 Å². The van der Waals surface area contributed by atoms with Crippen LogP contribution in [0.5, 0.6) is 5.75 Å². The van der Waals surface area contributed by atoms with E-state index in [0.717, 1.165) is 18.2 Å². The second-order valence-corrected chi connectivity index (χ2v) is 8.31. The van der Waals surface area contributed by atoms with Crippen molar-refractivity contribution in [2.24, 2.45) is 0 Å². The molecular formula is C18H17ClF2N2O5S. The van der Waals surface area contributed by atoms with Crippen LogP contribution in [0.4, 0.5) is 14.5 Å². The minimum atomic E-state index is -3.93. The first-order chi connectivity index (χ1) is 13.7. The van der Waals surface area contributed by atoms with Crippen molar-refractivity contribution in [1.29, 1.82) is 0 Å². The summed E-state index contributed by atoms with van der Waals surface area (Å²) in [6, 6.07) is 5.23. The van der Waals surface area contributed by atoms with Crippen molar-refractivity contribution in [2.75, 3.05) is 25.6 Å². The first-order valence-electron chi connectivity index (χ1n) is 8.46. The number of hydrogen-bond donors (Lipinski definition) is 2. The van der Waals surface area contributed by atoms with Crippen LogP contribution in [0.25, 0.3) is 0 Å². The fourth-order valence-corrected chi connectivity index (χ4v) is 4.20. The van der Waals surface area contributed by atoms with Crippen LogP contribution in [0.2, 0.25) is 5.02 Å². The van der Waals surface area contributed by atoms with Crippen LogP contribution in [-0.4, -0.2) is 40.7 Å². The van der Waals surface area contributed by atoms with Gasteiger partial charge in [-0.2, -0.15) is 0 Å². The van der Waals surface area contributed by atoms with Gasteiger partial charge in [-0.3, -0.25) is 4.79 Å². The second-order valence-electron chi connectivity index (χ2n) is 6.22. The Morgan fingerprint density at radius 3 is 2.69 bits per heavy atom. The summed E-state index contributed by atoms with van der Waals surface area (Å²) in [5, 5.41) is 1.47. The van der Waals surface area contributed by atoms with Crippen molar-refractivity contribution >= 4 is 33.2 Å². The molecule has 1 unspecified atom stereocenters. The lowest BCUT2D eigenvalue weighted by Crippen LogP contribution is -2.35. The molecule has 1 amide bonds. The third-order valence-corrected chi connectivity index (χ3v) is 6.13. The van der Waals surface area contributed by atoms with Gasteiger partial charge in [-0.05, 0) is 36.8 Å². The zero-order valence-electron chi connectivity index (χ0n) is 15.2. The molecule has 11 heteroatoms. The Balaban J connectivity index is 1.90. The Hall–Kier alpha value is -2.27. The number of rotatable bonds is 6. The smallest absolute Gasteiger partial charge is 0.259 e. The number of benzene rings is 2. The summed E-state index contributed by atoms with van der Waals surface area (Å²) in [4.78, 5) is 12.5. The molecule has 0 spiro atoms.